The van der Waals surface area contributed by atoms with E-state index in [0.717, 1.165) is 29.7 Å². The van der Waals surface area contributed by atoms with Crippen LogP contribution < -0.4 is 9.47 Å². The molecule has 2 unspecified atom stereocenters. The summed E-state index contributed by atoms with van der Waals surface area (Å²) in [6, 6.07) is 15.6. The highest BCUT2D eigenvalue weighted by molar-refractivity contribution is 6.46. The summed E-state index contributed by atoms with van der Waals surface area (Å²) in [6.07, 6.45) is 4.95. The molecule has 0 saturated carbocycles. The van der Waals surface area contributed by atoms with Gasteiger partial charge in [-0.2, -0.15) is 0 Å². The van der Waals surface area contributed by atoms with Gasteiger partial charge in [0.1, 0.15) is 23.4 Å². The maximum absolute atomic E-state index is 13.3. The van der Waals surface area contributed by atoms with E-state index in [0.29, 0.717) is 23.5 Å². The Morgan fingerprint density at radius 2 is 1.86 bits per heavy atom. The molecule has 1 N–H and O–H groups in total. The first kappa shape index (κ1) is 23.6. The number of nitrogens with zero attached hydrogens (tertiary/aromatic N) is 2. The third kappa shape index (κ3) is 4.44. The van der Waals surface area contributed by atoms with Crippen molar-refractivity contribution in [1.29, 1.82) is 0 Å². The first-order valence-electron chi connectivity index (χ1n) is 12.2. The van der Waals surface area contributed by atoms with Gasteiger partial charge in [0.05, 0.1) is 18.2 Å². The lowest BCUT2D eigenvalue weighted by atomic mass is 9.94. The van der Waals surface area contributed by atoms with Gasteiger partial charge in [0.2, 0.25) is 0 Å². The number of likely N-dealkylation sites (tertiary alicyclic amines) is 1. The highest BCUT2D eigenvalue weighted by Gasteiger charge is 2.46. The van der Waals surface area contributed by atoms with Gasteiger partial charge in [0.15, 0.2) is 0 Å². The van der Waals surface area contributed by atoms with Crippen molar-refractivity contribution >= 4 is 17.4 Å². The molecule has 1 amide bonds. The van der Waals surface area contributed by atoms with Gasteiger partial charge < -0.3 is 19.5 Å². The van der Waals surface area contributed by atoms with Crippen LogP contribution >= 0.6 is 0 Å². The molecular weight excluding hydrogens is 456 g/mol. The number of aromatic nitrogens is 1. The normalized spacial score (nSPS) is 20.3. The average molecular weight is 485 g/mol. The molecule has 3 aromatic rings. The number of benzene rings is 2. The van der Waals surface area contributed by atoms with E-state index >= 15 is 0 Å². The number of rotatable bonds is 7. The average Bonchev–Trinajstić information content (AvgIpc) is 3.39. The molecule has 36 heavy (non-hydrogen) atoms. The quantitative estimate of drug-likeness (QED) is 0.294. The smallest absolute Gasteiger partial charge is 0.295 e. The van der Waals surface area contributed by atoms with Crippen molar-refractivity contribution in [2.24, 2.45) is 0 Å². The molecule has 2 aliphatic rings. The Hall–Kier alpha value is -4.13. The lowest BCUT2D eigenvalue weighted by Crippen LogP contribution is -2.29. The molecule has 2 aliphatic heterocycles. The number of ether oxygens (including phenoxy) is 2. The first-order chi connectivity index (χ1) is 17.5. The summed E-state index contributed by atoms with van der Waals surface area (Å²) >= 11 is 0. The van der Waals surface area contributed by atoms with Gasteiger partial charge in [0, 0.05) is 30.9 Å². The highest BCUT2D eigenvalue weighted by atomic mass is 16.5. The van der Waals surface area contributed by atoms with E-state index in [4.69, 9.17) is 9.47 Å². The largest absolute Gasteiger partial charge is 0.507 e. The van der Waals surface area contributed by atoms with Crippen molar-refractivity contribution in [1.82, 2.24) is 9.88 Å². The Labute approximate surface area is 210 Å². The lowest BCUT2D eigenvalue weighted by Gasteiger charge is -2.25. The molecule has 7 nitrogen and oxygen atoms in total. The van der Waals surface area contributed by atoms with Gasteiger partial charge in [-0.1, -0.05) is 19.1 Å². The van der Waals surface area contributed by atoms with Crippen LogP contribution in [0, 0.1) is 0 Å². The Morgan fingerprint density at radius 1 is 1.11 bits per heavy atom. The number of fused-ring (bicyclic) bond motifs is 1. The zero-order valence-electron chi connectivity index (χ0n) is 20.3. The molecule has 1 fully saturated rings. The summed E-state index contributed by atoms with van der Waals surface area (Å²) in [4.78, 5) is 32.1. The number of carbonyl (C=O) groups is 2. The number of pyridine rings is 1. The van der Waals surface area contributed by atoms with Crippen LogP contribution in [0.25, 0.3) is 5.76 Å². The molecule has 2 aromatic carbocycles. The van der Waals surface area contributed by atoms with Crippen LogP contribution in [0.1, 0.15) is 48.6 Å². The SMILES string of the molecule is CCCOc1ccc(C2C(=C(O)c3ccc4c(c3)CC(C)O4)C(=O)C(=O)N2Cc2ccncc2)cc1. The minimum atomic E-state index is -0.748. The van der Waals surface area contributed by atoms with Crippen LogP contribution in [-0.2, 0) is 22.6 Å². The van der Waals surface area contributed by atoms with Gasteiger partial charge in [-0.15, -0.1) is 0 Å². The van der Waals surface area contributed by atoms with Crippen molar-refractivity contribution in [2.45, 2.75) is 45.4 Å². The monoisotopic (exact) mass is 484 g/mol. The van der Waals surface area contributed by atoms with Crippen LogP contribution in [0.2, 0.25) is 0 Å². The molecule has 1 aromatic heterocycles. The molecule has 0 bridgehead atoms. The number of aliphatic hydroxyl groups excluding tert-OH is 1. The van der Waals surface area contributed by atoms with Gasteiger partial charge >= 0.3 is 0 Å². The lowest BCUT2D eigenvalue weighted by molar-refractivity contribution is -0.140. The van der Waals surface area contributed by atoms with E-state index in [1.165, 1.54) is 4.90 Å². The molecule has 3 heterocycles. The molecule has 0 spiro atoms. The molecule has 184 valence electrons. The Morgan fingerprint density at radius 3 is 2.58 bits per heavy atom. The van der Waals surface area contributed by atoms with Crippen molar-refractivity contribution < 1.29 is 24.2 Å². The van der Waals surface area contributed by atoms with Gasteiger partial charge in [-0.25, -0.2) is 0 Å². The summed E-state index contributed by atoms with van der Waals surface area (Å²) in [6.45, 7) is 4.82. The Kier molecular flexibility index (Phi) is 6.46. The van der Waals surface area contributed by atoms with Crippen LogP contribution in [-0.4, -0.2) is 39.4 Å². The topological polar surface area (TPSA) is 89.0 Å². The minimum absolute atomic E-state index is 0.0526. The predicted octanol–water partition coefficient (Wildman–Crippen LogP) is 4.82. The predicted molar refractivity (Wildman–Crippen MR) is 135 cm³/mol. The summed E-state index contributed by atoms with van der Waals surface area (Å²) in [7, 11) is 0. The van der Waals surface area contributed by atoms with Crippen molar-refractivity contribution in [2.75, 3.05) is 6.61 Å². The summed E-state index contributed by atoms with van der Waals surface area (Å²) in [5.74, 6) is -0.0640. The van der Waals surface area contributed by atoms with Crippen molar-refractivity contribution in [3.63, 3.8) is 0 Å². The van der Waals surface area contributed by atoms with E-state index in [-0.39, 0.29) is 24.0 Å². The number of hydrogen-bond acceptors (Lipinski definition) is 6. The number of ketones is 1. The summed E-state index contributed by atoms with van der Waals surface area (Å²) in [5.41, 5.74) is 3.08. The fraction of sp³-hybridized carbons (Fsp3) is 0.276. The van der Waals surface area contributed by atoms with E-state index in [2.05, 4.69) is 4.98 Å². The minimum Gasteiger partial charge on any atom is -0.507 e. The third-order valence-electron chi connectivity index (χ3n) is 6.48. The summed E-state index contributed by atoms with van der Waals surface area (Å²) in [5, 5.41) is 11.4. The van der Waals surface area contributed by atoms with Crippen LogP contribution in [0.3, 0.4) is 0 Å². The third-order valence-corrected chi connectivity index (χ3v) is 6.48. The summed E-state index contributed by atoms with van der Waals surface area (Å²) < 4.78 is 11.5. The highest BCUT2D eigenvalue weighted by Crippen LogP contribution is 2.41. The van der Waals surface area contributed by atoms with Crippen LogP contribution in [0.5, 0.6) is 11.5 Å². The number of Topliss-reactive ketones (excluding diaryl/α,β-unsaturated/α-hetero) is 1. The number of hydrogen-bond donors (Lipinski definition) is 1. The van der Waals surface area contributed by atoms with Gasteiger partial charge in [-0.05, 0) is 72.5 Å². The molecular formula is C29H28N2O5. The zero-order chi connectivity index (χ0) is 25.2. The fourth-order valence-corrected chi connectivity index (χ4v) is 4.77. The number of amides is 1. The number of aliphatic hydroxyl groups is 1. The molecule has 5 rings (SSSR count). The standard InChI is InChI=1S/C29H28N2O5/c1-3-14-35-23-7-4-20(5-8-23)26-25(27(32)21-6-9-24-22(16-21)15-18(2)36-24)28(33)29(34)31(26)17-19-10-12-30-13-11-19/h4-13,16,18,26,32H,3,14-15,17H2,1-2H3. The van der Waals surface area contributed by atoms with E-state index < -0.39 is 17.7 Å². The van der Waals surface area contributed by atoms with Crippen LogP contribution in [0.4, 0.5) is 0 Å². The molecule has 0 aliphatic carbocycles. The number of carbonyl (C=O) groups excluding carboxylic acids is 2. The molecule has 7 heteroatoms. The van der Waals surface area contributed by atoms with Crippen molar-refractivity contribution in [3.8, 4) is 11.5 Å². The molecule has 1 saturated heterocycles. The fourth-order valence-electron chi connectivity index (χ4n) is 4.77. The molecule has 0 radical (unpaired) electrons. The van der Waals surface area contributed by atoms with Crippen molar-refractivity contribution in [3.05, 3.63) is 94.8 Å². The van der Waals surface area contributed by atoms with Gasteiger partial charge in [0.25, 0.3) is 11.7 Å². The second-order valence-electron chi connectivity index (χ2n) is 9.16. The Bertz CT molecular complexity index is 1320. The first-order valence-corrected chi connectivity index (χ1v) is 12.2. The van der Waals surface area contributed by atoms with E-state index in [1.807, 2.05) is 44.2 Å². The van der Waals surface area contributed by atoms with Crippen LogP contribution in [0.15, 0.2) is 72.6 Å². The molecule has 2 atom stereocenters. The maximum atomic E-state index is 13.3. The second-order valence-corrected chi connectivity index (χ2v) is 9.16. The zero-order valence-corrected chi connectivity index (χ0v) is 20.3. The van der Waals surface area contributed by atoms with E-state index in [1.54, 1.807) is 36.7 Å². The van der Waals surface area contributed by atoms with Gasteiger partial charge in [-0.3, -0.25) is 14.6 Å². The maximum Gasteiger partial charge on any atom is 0.295 e. The Balaban J connectivity index is 1.58. The second kappa shape index (κ2) is 9.85. The van der Waals surface area contributed by atoms with E-state index in [9.17, 15) is 14.7 Å².